The van der Waals surface area contributed by atoms with Crippen LogP contribution in [0.3, 0.4) is 0 Å². The summed E-state index contributed by atoms with van der Waals surface area (Å²) >= 11 is 5.55. The highest BCUT2D eigenvalue weighted by Crippen LogP contribution is 1.99. The van der Waals surface area contributed by atoms with Crippen LogP contribution >= 0.6 is 11.6 Å². The molecule has 0 fully saturated rings. The number of alkyl halides is 1. The standard InChI is InChI=1S/C9H14ClN3O/c1-7(3-2-5-10)12-9(14)8-4-6-11-13-8/h4,6-7H,2-3,5H2,1H3,(H,11,13)(H,12,14). The number of aromatic amines is 1. The Morgan fingerprint density at radius 2 is 2.57 bits per heavy atom. The highest BCUT2D eigenvalue weighted by atomic mass is 35.5. The first kappa shape index (κ1) is 11.0. The lowest BCUT2D eigenvalue weighted by Crippen LogP contribution is -2.32. The first-order valence-corrected chi connectivity index (χ1v) is 5.13. The lowest BCUT2D eigenvalue weighted by atomic mass is 10.2. The van der Waals surface area contributed by atoms with E-state index in [4.69, 9.17) is 11.6 Å². The lowest BCUT2D eigenvalue weighted by Gasteiger charge is -2.11. The predicted octanol–water partition coefficient (Wildman–Crippen LogP) is 1.55. The maximum atomic E-state index is 11.5. The third-order valence-corrected chi connectivity index (χ3v) is 2.16. The molecule has 0 aliphatic heterocycles. The van der Waals surface area contributed by atoms with Crippen molar-refractivity contribution >= 4 is 17.5 Å². The molecule has 1 unspecified atom stereocenters. The first-order chi connectivity index (χ1) is 6.74. The summed E-state index contributed by atoms with van der Waals surface area (Å²) in [4.78, 5) is 11.5. The molecule has 1 heterocycles. The highest BCUT2D eigenvalue weighted by Gasteiger charge is 2.09. The number of nitrogens with zero attached hydrogens (tertiary/aromatic N) is 1. The monoisotopic (exact) mass is 215 g/mol. The van der Waals surface area contributed by atoms with Crippen molar-refractivity contribution in [1.29, 1.82) is 0 Å². The summed E-state index contributed by atoms with van der Waals surface area (Å²) in [6.45, 7) is 1.96. The number of carbonyl (C=O) groups excluding carboxylic acids is 1. The van der Waals surface area contributed by atoms with Crippen molar-refractivity contribution in [2.24, 2.45) is 0 Å². The zero-order valence-corrected chi connectivity index (χ0v) is 8.84. The third-order valence-electron chi connectivity index (χ3n) is 1.89. The summed E-state index contributed by atoms with van der Waals surface area (Å²) in [5.74, 6) is 0.508. The van der Waals surface area contributed by atoms with Crippen LogP contribution in [0.5, 0.6) is 0 Å². The molecule has 14 heavy (non-hydrogen) atoms. The number of halogens is 1. The largest absolute Gasteiger partial charge is 0.348 e. The van der Waals surface area contributed by atoms with E-state index >= 15 is 0 Å². The second kappa shape index (κ2) is 5.65. The molecule has 0 aliphatic rings. The van der Waals surface area contributed by atoms with Gasteiger partial charge in [-0.2, -0.15) is 5.10 Å². The van der Waals surface area contributed by atoms with Crippen LogP contribution in [0.2, 0.25) is 0 Å². The molecule has 1 aromatic rings. The maximum absolute atomic E-state index is 11.5. The second-order valence-electron chi connectivity index (χ2n) is 3.18. The molecule has 78 valence electrons. The molecule has 5 heteroatoms. The van der Waals surface area contributed by atoms with Gasteiger partial charge in [0.2, 0.25) is 0 Å². The van der Waals surface area contributed by atoms with E-state index in [1.54, 1.807) is 12.3 Å². The summed E-state index contributed by atoms with van der Waals surface area (Å²) in [7, 11) is 0. The van der Waals surface area contributed by atoms with E-state index in [1.165, 1.54) is 0 Å². The van der Waals surface area contributed by atoms with Crippen molar-refractivity contribution in [2.75, 3.05) is 5.88 Å². The van der Waals surface area contributed by atoms with Crippen molar-refractivity contribution in [3.63, 3.8) is 0 Å². The molecule has 4 nitrogen and oxygen atoms in total. The quantitative estimate of drug-likeness (QED) is 0.733. The van der Waals surface area contributed by atoms with Crippen LogP contribution in [-0.4, -0.2) is 28.0 Å². The van der Waals surface area contributed by atoms with E-state index in [0.29, 0.717) is 11.6 Å². The molecule has 1 rings (SSSR count). The van der Waals surface area contributed by atoms with Crippen LogP contribution in [-0.2, 0) is 0 Å². The van der Waals surface area contributed by atoms with Gasteiger partial charge < -0.3 is 5.32 Å². The molecular weight excluding hydrogens is 202 g/mol. The molecule has 1 aromatic heterocycles. The predicted molar refractivity (Wildman–Crippen MR) is 55.5 cm³/mol. The van der Waals surface area contributed by atoms with Crippen LogP contribution in [0.1, 0.15) is 30.3 Å². The minimum Gasteiger partial charge on any atom is -0.348 e. The fourth-order valence-corrected chi connectivity index (χ4v) is 1.29. The highest BCUT2D eigenvalue weighted by molar-refractivity contribution is 6.17. The molecule has 1 atom stereocenters. The zero-order valence-electron chi connectivity index (χ0n) is 8.09. The van der Waals surface area contributed by atoms with Gasteiger partial charge in [0.25, 0.3) is 5.91 Å². The Hall–Kier alpha value is -1.03. The number of rotatable bonds is 5. The number of hydrogen-bond donors (Lipinski definition) is 2. The van der Waals surface area contributed by atoms with Gasteiger partial charge in [0, 0.05) is 18.1 Å². The Balaban J connectivity index is 2.34. The number of hydrogen-bond acceptors (Lipinski definition) is 2. The first-order valence-electron chi connectivity index (χ1n) is 4.60. The molecular formula is C9H14ClN3O. The van der Waals surface area contributed by atoms with E-state index in [2.05, 4.69) is 15.5 Å². The van der Waals surface area contributed by atoms with Gasteiger partial charge in [-0.3, -0.25) is 9.89 Å². The molecule has 0 saturated heterocycles. The van der Waals surface area contributed by atoms with Crippen LogP contribution in [0.4, 0.5) is 0 Å². The fourth-order valence-electron chi connectivity index (χ4n) is 1.14. The Morgan fingerprint density at radius 3 is 3.14 bits per heavy atom. The Labute approximate surface area is 88.0 Å². The van der Waals surface area contributed by atoms with E-state index < -0.39 is 0 Å². The fraction of sp³-hybridized carbons (Fsp3) is 0.556. The molecule has 2 N–H and O–H groups in total. The van der Waals surface area contributed by atoms with Crippen LogP contribution < -0.4 is 5.32 Å². The lowest BCUT2D eigenvalue weighted by molar-refractivity contribution is 0.0933. The molecule has 0 radical (unpaired) electrons. The average Bonchev–Trinajstić information content (AvgIpc) is 2.67. The maximum Gasteiger partial charge on any atom is 0.269 e. The van der Waals surface area contributed by atoms with Gasteiger partial charge in [-0.1, -0.05) is 0 Å². The van der Waals surface area contributed by atoms with Crippen LogP contribution in [0, 0.1) is 0 Å². The minimum atomic E-state index is -0.121. The molecule has 1 amide bonds. The number of carbonyl (C=O) groups is 1. The Morgan fingerprint density at radius 1 is 1.79 bits per heavy atom. The van der Waals surface area contributed by atoms with Crippen molar-refractivity contribution < 1.29 is 4.79 Å². The molecule has 0 aliphatic carbocycles. The van der Waals surface area contributed by atoms with E-state index in [-0.39, 0.29) is 11.9 Å². The molecule has 0 bridgehead atoms. The van der Waals surface area contributed by atoms with Crippen molar-refractivity contribution in [3.05, 3.63) is 18.0 Å². The van der Waals surface area contributed by atoms with Gasteiger partial charge in [-0.25, -0.2) is 0 Å². The summed E-state index contributed by atoms with van der Waals surface area (Å²) in [6, 6.07) is 1.79. The smallest absolute Gasteiger partial charge is 0.269 e. The SMILES string of the molecule is CC(CCCCl)NC(=O)c1ccn[nH]1. The molecule has 0 spiro atoms. The topological polar surface area (TPSA) is 57.8 Å². The van der Waals surface area contributed by atoms with Gasteiger partial charge in [-0.15, -0.1) is 11.6 Å². The van der Waals surface area contributed by atoms with Gasteiger partial charge >= 0.3 is 0 Å². The Bertz CT molecular complexity index is 274. The van der Waals surface area contributed by atoms with Gasteiger partial charge in [0.1, 0.15) is 5.69 Å². The Kier molecular flexibility index (Phi) is 4.46. The molecule has 0 saturated carbocycles. The summed E-state index contributed by atoms with van der Waals surface area (Å²) in [5.41, 5.74) is 0.489. The minimum absolute atomic E-state index is 0.121. The molecule has 0 aromatic carbocycles. The van der Waals surface area contributed by atoms with E-state index in [1.807, 2.05) is 6.92 Å². The van der Waals surface area contributed by atoms with Crippen LogP contribution in [0.15, 0.2) is 12.3 Å². The summed E-state index contributed by atoms with van der Waals surface area (Å²) in [6.07, 6.45) is 3.35. The summed E-state index contributed by atoms with van der Waals surface area (Å²) < 4.78 is 0. The van der Waals surface area contributed by atoms with Crippen molar-refractivity contribution in [1.82, 2.24) is 15.5 Å². The summed E-state index contributed by atoms with van der Waals surface area (Å²) in [5, 5.41) is 9.16. The number of nitrogens with one attached hydrogen (secondary N) is 2. The van der Waals surface area contributed by atoms with E-state index in [9.17, 15) is 4.79 Å². The van der Waals surface area contributed by atoms with Crippen LogP contribution in [0.25, 0.3) is 0 Å². The third kappa shape index (κ3) is 3.38. The van der Waals surface area contributed by atoms with Gasteiger partial charge in [0.05, 0.1) is 0 Å². The van der Waals surface area contributed by atoms with Gasteiger partial charge in [-0.05, 0) is 25.8 Å². The number of H-pyrrole nitrogens is 1. The van der Waals surface area contributed by atoms with Crippen molar-refractivity contribution in [2.45, 2.75) is 25.8 Å². The second-order valence-corrected chi connectivity index (χ2v) is 3.55. The van der Waals surface area contributed by atoms with E-state index in [0.717, 1.165) is 12.8 Å². The van der Waals surface area contributed by atoms with Crippen molar-refractivity contribution in [3.8, 4) is 0 Å². The zero-order chi connectivity index (χ0) is 10.4. The average molecular weight is 216 g/mol. The normalized spacial score (nSPS) is 12.4. The van der Waals surface area contributed by atoms with Gasteiger partial charge in [0.15, 0.2) is 0 Å². The number of amides is 1. The number of aromatic nitrogens is 2.